The Morgan fingerprint density at radius 3 is 2.10 bits per heavy atom. The molecule has 8 heteroatoms. The number of para-hydroxylation sites is 1. The van der Waals surface area contributed by atoms with Crippen LogP contribution in [0.2, 0.25) is 0 Å². The summed E-state index contributed by atoms with van der Waals surface area (Å²) in [6, 6.07) is 9.47. The molecule has 0 aliphatic carbocycles. The summed E-state index contributed by atoms with van der Waals surface area (Å²) in [5.41, 5.74) is 1.79. The van der Waals surface area contributed by atoms with Crippen molar-refractivity contribution in [3.8, 4) is 28.7 Å². The van der Waals surface area contributed by atoms with E-state index < -0.39 is 0 Å². The number of amides is 1. The van der Waals surface area contributed by atoms with E-state index >= 15 is 0 Å². The van der Waals surface area contributed by atoms with Crippen LogP contribution in [-0.2, 0) is 11.3 Å². The predicted molar refractivity (Wildman–Crippen MR) is 116 cm³/mol. The fourth-order valence-corrected chi connectivity index (χ4v) is 4.79. The second-order valence-electron chi connectivity index (χ2n) is 6.61. The van der Waals surface area contributed by atoms with Gasteiger partial charge in [0.1, 0.15) is 5.37 Å². The van der Waals surface area contributed by atoms with Crippen molar-refractivity contribution < 1.29 is 28.5 Å². The zero-order valence-electron chi connectivity index (χ0n) is 17.9. The lowest BCUT2D eigenvalue weighted by molar-refractivity contribution is -0.132. The van der Waals surface area contributed by atoms with Crippen LogP contribution in [0.1, 0.15) is 22.9 Å². The summed E-state index contributed by atoms with van der Waals surface area (Å²) in [6.45, 7) is 0.396. The normalized spacial score (nSPS) is 16.2. The molecule has 1 unspecified atom stereocenters. The van der Waals surface area contributed by atoms with Crippen molar-refractivity contribution in [3.05, 3.63) is 41.5 Å². The fourth-order valence-electron chi connectivity index (χ4n) is 3.58. The molecule has 0 bridgehead atoms. The Bertz CT molecular complexity index is 878. The Kier molecular flexibility index (Phi) is 7.20. The monoisotopic (exact) mass is 433 g/mol. The zero-order chi connectivity index (χ0) is 21.7. The molecular weight excluding hydrogens is 406 g/mol. The van der Waals surface area contributed by atoms with Gasteiger partial charge in [-0.15, -0.1) is 11.8 Å². The lowest BCUT2D eigenvalue weighted by Gasteiger charge is -2.36. The molecule has 1 amide bonds. The molecular formula is C22H27NO6S. The molecule has 1 saturated heterocycles. The highest BCUT2D eigenvalue weighted by atomic mass is 32.2. The third-order valence-electron chi connectivity index (χ3n) is 4.99. The van der Waals surface area contributed by atoms with E-state index in [1.54, 1.807) is 47.3 Å². The van der Waals surface area contributed by atoms with E-state index in [1.807, 2.05) is 35.2 Å². The Balaban J connectivity index is 2.02. The third kappa shape index (κ3) is 4.23. The van der Waals surface area contributed by atoms with E-state index in [9.17, 15) is 4.79 Å². The molecule has 1 heterocycles. The molecule has 0 aromatic heterocycles. The van der Waals surface area contributed by atoms with Gasteiger partial charge in [-0.2, -0.15) is 0 Å². The van der Waals surface area contributed by atoms with Crippen LogP contribution >= 0.6 is 11.8 Å². The van der Waals surface area contributed by atoms with E-state index in [-0.39, 0.29) is 11.3 Å². The number of hydrogen-bond acceptors (Lipinski definition) is 7. The van der Waals surface area contributed by atoms with Crippen LogP contribution in [0.3, 0.4) is 0 Å². The number of hydrogen-bond donors (Lipinski definition) is 0. The molecule has 0 saturated carbocycles. The Hall–Kier alpha value is -2.74. The molecule has 7 nitrogen and oxygen atoms in total. The molecule has 0 radical (unpaired) electrons. The summed E-state index contributed by atoms with van der Waals surface area (Å²) >= 11 is 1.70. The molecule has 0 spiro atoms. The number of carbonyl (C=O) groups excluding carboxylic acids is 1. The van der Waals surface area contributed by atoms with Crippen molar-refractivity contribution in [3.63, 3.8) is 0 Å². The molecule has 2 aromatic carbocycles. The van der Waals surface area contributed by atoms with E-state index in [0.717, 1.165) is 16.9 Å². The summed E-state index contributed by atoms with van der Waals surface area (Å²) in [6.07, 6.45) is 0.484. The predicted octanol–water partition coefficient (Wildman–Crippen LogP) is 3.89. The van der Waals surface area contributed by atoms with Crippen LogP contribution in [0.25, 0.3) is 0 Å². The average molecular weight is 434 g/mol. The van der Waals surface area contributed by atoms with Gasteiger partial charge in [0, 0.05) is 17.7 Å². The van der Waals surface area contributed by atoms with Gasteiger partial charge in [0.2, 0.25) is 11.7 Å². The second-order valence-corrected chi connectivity index (χ2v) is 7.79. The van der Waals surface area contributed by atoms with Crippen LogP contribution in [0.5, 0.6) is 28.7 Å². The van der Waals surface area contributed by atoms with Gasteiger partial charge in [-0.05, 0) is 23.8 Å². The third-order valence-corrected chi connectivity index (χ3v) is 6.27. The van der Waals surface area contributed by atoms with Gasteiger partial charge in [-0.25, -0.2) is 0 Å². The molecule has 1 fully saturated rings. The summed E-state index contributed by atoms with van der Waals surface area (Å²) in [5.74, 6) is 3.73. The molecule has 162 valence electrons. The molecule has 3 rings (SSSR count). The summed E-state index contributed by atoms with van der Waals surface area (Å²) in [7, 11) is 7.94. The lowest BCUT2D eigenvalue weighted by Crippen LogP contribution is -2.36. The lowest BCUT2D eigenvalue weighted by atomic mass is 10.1. The Morgan fingerprint density at radius 2 is 1.53 bits per heavy atom. The van der Waals surface area contributed by atoms with Gasteiger partial charge in [-0.3, -0.25) is 4.79 Å². The summed E-state index contributed by atoms with van der Waals surface area (Å²) < 4.78 is 27.4. The Morgan fingerprint density at radius 1 is 0.900 bits per heavy atom. The number of rotatable bonds is 8. The number of ether oxygens (including phenoxy) is 5. The number of nitrogens with zero attached hydrogens (tertiary/aromatic N) is 1. The number of carbonyl (C=O) groups is 1. The van der Waals surface area contributed by atoms with Crippen molar-refractivity contribution in [2.45, 2.75) is 18.3 Å². The van der Waals surface area contributed by atoms with Crippen molar-refractivity contribution >= 4 is 17.7 Å². The van der Waals surface area contributed by atoms with Crippen LogP contribution in [0, 0.1) is 0 Å². The first-order valence-electron chi connectivity index (χ1n) is 9.48. The highest BCUT2D eigenvalue weighted by Crippen LogP contribution is 2.46. The zero-order valence-corrected chi connectivity index (χ0v) is 18.7. The highest BCUT2D eigenvalue weighted by Gasteiger charge is 2.32. The minimum Gasteiger partial charge on any atom is -0.493 e. The summed E-state index contributed by atoms with van der Waals surface area (Å²) in [4.78, 5) is 14.8. The molecule has 1 aliphatic rings. The van der Waals surface area contributed by atoms with Crippen LogP contribution in [0.4, 0.5) is 0 Å². The smallest absolute Gasteiger partial charge is 0.224 e. The first-order chi connectivity index (χ1) is 14.6. The van der Waals surface area contributed by atoms with Gasteiger partial charge in [0.05, 0.1) is 42.1 Å². The molecule has 2 aromatic rings. The van der Waals surface area contributed by atoms with Gasteiger partial charge in [0.15, 0.2) is 23.0 Å². The molecule has 1 aliphatic heterocycles. The molecule has 30 heavy (non-hydrogen) atoms. The van der Waals surface area contributed by atoms with E-state index in [2.05, 4.69) is 0 Å². The first kappa shape index (κ1) is 22.0. The maximum Gasteiger partial charge on any atom is 0.224 e. The van der Waals surface area contributed by atoms with Crippen molar-refractivity contribution in [1.82, 2.24) is 4.90 Å². The molecule has 0 N–H and O–H groups in total. The van der Waals surface area contributed by atoms with Gasteiger partial charge >= 0.3 is 0 Å². The standard InChI is InChI=1S/C22H27NO6S/c1-25-16-8-6-7-14(20(16)28-4)13-23-19(24)9-10-30-22(23)15-11-17(26-2)21(29-5)18(12-15)27-3/h6-8,11-12,22H,9-10,13H2,1-5H3. The van der Waals surface area contributed by atoms with Crippen molar-refractivity contribution in [1.29, 1.82) is 0 Å². The van der Waals surface area contributed by atoms with Gasteiger partial charge in [0.25, 0.3) is 0 Å². The van der Waals surface area contributed by atoms with Crippen LogP contribution in [-0.4, -0.2) is 52.1 Å². The van der Waals surface area contributed by atoms with Crippen molar-refractivity contribution in [2.75, 3.05) is 41.3 Å². The van der Waals surface area contributed by atoms with E-state index in [1.165, 1.54) is 0 Å². The van der Waals surface area contributed by atoms with Crippen molar-refractivity contribution in [2.24, 2.45) is 0 Å². The topological polar surface area (TPSA) is 66.5 Å². The highest BCUT2D eigenvalue weighted by molar-refractivity contribution is 7.99. The first-order valence-corrected chi connectivity index (χ1v) is 10.5. The average Bonchev–Trinajstić information content (AvgIpc) is 2.78. The summed E-state index contributed by atoms with van der Waals surface area (Å²) in [5, 5.41) is -0.198. The SMILES string of the molecule is COc1cccc(CN2C(=O)CCSC2c2cc(OC)c(OC)c(OC)c2)c1OC. The van der Waals surface area contributed by atoms with E-state index in [0.29, 0.717) is 41.7 Å². The number of benzene rings is 2. The minimum atomic E-state index is -0.198. The number of methoxy groups -OCH3 is 5. The second kappa shape index (κ2) is 9.84. The quantitative estimate of drug-likeness (QED) is 0.626. The van der Waals surface area contributed by atoms with Gasteiger partial charge < -0.3 is 28.6 Å². The number of thioether (sulfide) groups is 1. The van der Waals surface area contributed by atoms with E-state index in [4.69, 9.17) is 23.7 Å². The minimum absolute atomic E-state index is 0.0809. The Labute approximate surface area is 181 Å². The largest absolute Gasteiger partial charge is 0.493 e. The maximum atomic E-state index is 12.9. The fraction of sp³-hybridized carbons (Fsp3) is 0.409. The van der Waals surface area contributed by atoms with Crippen LogP contribution in [0.15, 0.2) is 30.3 Å². The van der Waals surface area contributed by atoms with Crippen LogP contribution < -0.4 is 23.7 Å². The maximum absolute atomic E-state index is 12.9. The van der Waals surface area contributed by atoms with Gasteiger partial charge in [-0.1, -0.05) is 12.1 Å². The molecule has 1 atom stereocenters.